The van der Waals surface area contributed by atoms with Gasteiger partial charge in [0.25, 0.3) is 0 Å². The third-order valence-electron chi connectivity index (χ3n) is 4.26. The molecule has 1 fully saturated rings. The molecule has 1 heterocycles. The van der Waals surface area contributed by atoms with E-state index in [0.29, 0.717) is 6.42 Å². The first-order chi connectivity index (χ1) is 9.35. The zero-order valence-corrected chi connectivity index (χ0v) is 11.9. The molecule has 2 heteroatoms. The smallest absolute Gasteiger partial charge is 0.0641 e. The summed E-state index contributed by atoms with van der Waals surface area (Å²) in [7, 11) is 0. The van der Waals surface area contributed by atoms with E-state index in [0.717, 1.165) is 19.0 Å². The summed E-state index contributed by atoms with van der Waals surface area (Å²) in [5.41, 5.74) is 1.29. The maximum Gasteiger partial charge on any atom is 0.0641 e. The SMILES string of the molecule is CCCC1CCN(C(CC#N)c2ccccc2)CC1. The Kier molecular flexibility index (Phi) is 5.42. The Balaban J connectivity index is 2.00. The lowest BCUT2D eigenvalue weighted by Crippen LogP contribution is -2.36. The van der Waals surface area contributed by atoms with Crippen molar-refractivity contribution in [2.75, 3.05) is 13.1 Å². The minimum absolute atomic E-state index is 0.286. The van der Waals surface area contributed by atoms with Crippen molar-refractivity contribution in [2.24, 2.45) is 5.92 Å². The van der Waals surface area contributed by atoms with Gasteiger partial charge < -0.3 is 0 Å². The summed E-state index contributed by atoms with van der Waals surface area (Å²) in [6.07, 6.45) is 5.85. The fourth-order valence-electron chi connectivity index (χ4n) is 3.18. The molecule has 0 N–H and O–H groups in total. The van der Waals surface area contributed by atoms with Crippen LogP contribution >= 0.6 is 0 Å². The first-order valence-electron chi connectivity index (χ1n) is 7.51. The fraction of sp³-hybridized carbons (Fsp3) is 0.588. The Morgan fingerprint density at radius 1 is 1.26 bits per heavy atom. The van der Waals surface area contributed by atoms with Crippen molar-refractivity contribution < 1.29 is 0 Å². The van der Waals surface area contributed by atoms with Crippen LogP contribution in [0.15, 0.2) is 30.3 Å². The molecular formula is C17H24N2. The quantitative estimate of drug-likeness (QED) is 0.791. The Morgan fingerprint density at radius 2 is 1.95 bits per heavy atom. The van der Waals surface area contributed by atoms with Crippen LogP contribution in [0, 0.1) is 17.2 Å². The molecule has 1 aromatic carbocycles. The van der Waals surface area contributed by atoms with Crippen LogP contribution in [0.2, 0.25) is 0 Å². The number of rotatable bonds is 5. The average molecular weight is 256 g/mol. The molecule has 0 saturated carbocycles. The molecule has 1 saturated heterocycles. The minimum atomic E-state index is 0.286. The molecule has 1 atom stereocenters. The van der Waals surface area contributed by atoms with E-state index in [-0.39, 0.29) is 6.04 Å². The number of hydrogen-bond donors (Lipinski definition) is 0. The van der Waals surface area contributed by atoms with Gasteiger partial charge in [-0.2, -0.15) is 5.26 Å². The number of nitriles is 1. The van der Waals surface area contributed by atoms with Gasteiger partial charge in [-0.15, -0.1) is 0 Å². The van der Waals surface area contributed by atoms with E-state index in [1.54, 1.807) is 0 Å². The molecule has 102 valence electrons. The second-order valence-corrected chi connectivity index (χ2v) is 5.56. The van der Waals surface area contributed by atoms with Crippen molar-refractivity contribution in [1.82, 2.24) is 4.90 Å². The summed E-state index contributed by atoms with van der Waals surface area (Å²) in [6, 6.07) is 13.1. The number of hydrogen-bond acceptors (Lipinski definition) is 2. The monoisotopic (exact) mass is 256 g/mol. The highest BCUT2D eigenvalue weighted by molar-refractivity contribution is 5.20. The molecule has 1 aliphatic rings. The summed E-state index contributed by atoms with van der Waals surface area (Å²) in [4.78, 5) is 2.50. The lowest BCUT2D eigenvalue weighted by atomic mass is 9.90. The topological polar surface area (TPSA) is 27.0 Å². The van der Waals surface area contributed by atoms with Crippen molar-refractivity contribution in [3.63, 3.8) is 0 Å². The molecule has 19 heavy (non-hydrogen) atoms. The van der Waals surface area contributed by atoms with E-state index in [2.05, 4.69) is 42.2 Å². The van der Waals surface area contributed by atoms with Gasteiger partial charge in [-0.05, 0) is 37.4 Å². The van der Waals surface area contributed by atoms with Gasteiger partial charge in [0, 0.05) is 6.04 Å². The van der Waals surface area contributed by atoms with Crippen molar-refractivity contribution in [2.45, 2.75) is 45.1 Å². The third kappa shape index (κ3) is 3.81. The second-order valence-electron chi connectivity index (χ2n) is 5.56. The molecule has 0 bridgehead atoms. The van der Waals surface area contributed by atoms with Crippen LogP contribution < -0.4 is 0 Å². The van der Waals surface area contributed by atoms with E-state index < -0.39 is 0 Å². The molecule has 0 aliphatic carbocycles. The first kappa shape index (κ1) is 14.1. The number of piperidine rings is 1. The van der Waals surface area contributed by atoms with E-state index in [1.165, 1.54) is 31.2 Å². The third-order valence-corrected chi connectivity index (χ3v) is 4.26. The molecular weight excluding hydrogens is 232 g/mol. The van der Waals surface area contributed by atoms with E-state index in [1.807, 2.05) is 6.07 Å². The lowest BCUT2D eigenvalue weighted by Gasteiger charge is -2.37. The maximum absolute atomic E-state index is 9.09. The van der Waals surface area contributed by atoms with Crippen molar-refractivity contribution in [1.29, 1.82) is 5.26 Å². The predicted molar refractivity (Wildman–Crippen MR) is 78.6 cm³/mol. The van der Waals surface area contributed by atoms with Crippen LogP contribution in [-0.2, 0) is 0 Å². The zero-order valence-electron chi connectivity index (χ0n) is 11.9. The first-order valence-corrected chi connectivity index (χ1v) is 7.51. The Hall–Kier alpha value is -1.33. The van der Waals surface area contributed by atoms with Crippen LogP contribution in [0.4, 0.5) is 0 Å². The summed E-state index contributed by atoms with van der Waals surface area (Å²) < 4.78 is 0. The molecule has 1 unspecified atom stereocenters. The molecule has 1 aromatic rings. The van der Waals surface area contributed by atoms with Crippen molar-refractivity contribution in [3.8, 4) is 6.07 Å². The molecule has 2 rings (SSSR count). The zero-order chi connectivity index (χ0) is 13.5. The summed E-state index contributed by atoms with van der Waals surface area (Å²) in [5.74, 6) is 0.903. The predicted octanol–water partition coefficient (Wildman–Crippen LogP) is 4.15. The van der Waals surface area contributed by atoms with Gasteiger partial charge in [-0.1, -0.05) is 50.1 Å². The van der Waals surface area contributed by atoms with Crippen LogP contribution in [0.5, 0.6) is 0 Å². The minimum Gasteiger partial charge on any atom is -0.295 e. The standard InChI is InChI=1S/C17H24N2/c1-2-6-15-10-13-19(14-11-15)17(9-12-18)16-7-4-3-5-8-16/h3-5,7-8,15,17H,2,6,9-11,13-14H2,1H3. The molecule has 0 aromatic heterocycles. The Bertz CT molecular complexity index is 399. The van der Waals surface area contributed by atoms with Gasteiger partial charge >= 0.3 is 0 Å². The van der Waals surface area contributed by atoms with E-state index in [9.17, 15) is 0 Å². The van der Waals surface area contributed by atoms with Gasteiger partial charge in [0.1, 0.15) is 0 Å². The largest absolute Gasteiger partial charge is 0.295 e. The van der Waals surface area contributed by atoms with Crippen LogP contribution in [0.3, 0.4) is 0 Å². The van der Waals surface area contributed by atoms with Gasteiger partial charge in [0.15, 0.2) is 0 Å². The number of benzene rings is 1. The summed E-state index contributed by atoms with van der Waals surface area (Å²) in [5, 5.41) is 9.09. The van der Waals surface area contributed by atoms with Crippen molar-refractivity contribution >= 4 is 0 Å². The number of nitrogens with zero attached hydrogens (tertiary/aromatic N) is 2. The molecule has 1 aliphatic heterocycles. The van der Waals surface area contributed by atoms with Gasteiger partial charge in [-0.25, -0.2) is 0 Å². The van der Waals surface area contributed by atoms with E-state index in [4.69, 9.17) is 5.26 Å². The highest BCUT2D eigenvalue weighted by Crippen LogP contribution is 2.30. The van der Waals surface area contributed by atoms with Crippen LogP contribution in [0.25, 0.3) is 0 Å². The van der Waals surface area contributed by atoms with E-state index >= 15 is 0 Å². The van der Waals surface area contributed by atoms with Crippen LogP contribution in [0.1, 0.15) is 50.6 Å². The van der Waals surface area contributed by atoms with Gasteiger partial charge in [0.2, 0.25) is 0 Å². The van der Waals surface area contributed by atoms with Crippen molar-refractivity contribution in [3.05, 3.63) is 35.9 Å². The molecule has 0 spiro atoms. The molecule has 0 radical (unpaired) electrons. The fourth-order valence-corrected chi connectivity index (χ4v) is 3.18. The summed E-state index contributed by atoms with van der Waals surface area (Å²) >= 11 is 0. The Morgan fingerprint density at radius 3 is 2.53 bits per heavy atom. The maximum atomic E-state index is 9.09. The van der Waals surface area contributed by atoms with Crippen LogP contribution in [-0.4, -0.2) is 18.0 Å². The highest BCUT2D eigenvalue weighted by Gasteiger charge is 2.25. The summed E-state index contributed by atoms with van der Waals surface area (Å²) in [6.45, 7) is 4.56. The number of likely N-dealkylation sites (tertiary alicyclic amines) is 1. The average Bonchev–Trinajstić information content (AvgIpc) is 2.47. The second kappa shape index (κ2) is 7.31. The highest BCUT2D eigenvalue weighted by atomic mass is 15.2. The molecule has 2 nitrogen and oxygen atoms in total. The molecule has 0 amide bonds. The van der Waals surface area contributed by atoms with Gasteiger partial charge in [-0.3, -0.25) is 4.90 Å². The Labute approximate surface area is 117 Å². The lowest BCUT2D eigenvalue weighted by molar-refractivity contribution is 0.130. The normalized spacial score (nSPS) is 18.9. The van der Waals surface area contributed by atoms with Gasteiger partial charge in [0.05, 0.1) is 12.5 Å².